The van der Waals surface area contributed by atoms with Crippen LogP contribution in [0.3, 0.4) is 0 Å². The normalized spacial score (nSPS) is 10.2. The molecule has 0 fully saturated rings. The second kappa shape index (κ2) is 5.25. The lowest BCUT2D eigenvalue weighted by Gasteiger charge is -2.05. The molecular formula is C12H12N2OS2. The van der Waals surface area contributed by atoms with E-state index in [-0.39, 0.29) is 0 Å². The van der Waals surface area contributed by atoms with E-state index in [2.05, 4.69) is 4.98 Å². The average molecular weight is 264 g/mol. The number of ether oxygens (including phenoxy) is 1. The monoisotopic (exact) mass is 264 g/mol. The fraction of sp³-hybridized carbons (Fsp3) is 0.167. The number of benzene rings is 1. The summed E-state index contributed by atoms with van der Waals surface area (Å²) in [4.78, 5) is 4.72. The minimum atomic E-state index is 0.395. The van der Waals surface area contributed by atoms with Gasteiger partial charge < -0.3 is 10.5 Å². The van der Waals surface area contributed by atoms with E-state index in [1.54, 1.807) is 11.3 Å². The van der Waals surface area contributed by atoms with Gasteiger partial charge in [0.2, 0.25) is 0 Å². The van der Waals surface area contributed by atoms with Crippen LogP contribution in [0.5, 0.6) is 5.75 Å². The average Bonchev–Trinajstić information content (AvgIpc) is 2.73. The van der Waals surface area contributed by atoms with Gasteiger partial charge in [-0.25, -0.2) is 4.98 Å². The molecule has 2 N–H and O–H groups in total. The van der Waals surface area contributed by atoms with Crippen molar-refractivity contribution in [2.75, 3.05) is 0 Å². The van der Waals surface area contributed by atoms with Crippen LogP contribution in [0, 0.1) is 6.92 Å². The Bertz CT molecular complexity index is 520. The van der Waals surface area contributed by atoms with Gasteiger partial charge in [-0.15, -0.1) is 11.3 Å². The van der Waals surface area contributed by atoms with Gasteiger partial charge in [-0.05, 0) is 31.2 Å². The first-order chi connectivity index (χ1) is 8.15. The number of nitrogens with two attached hydrogens (primary N) is 1. The summed E-state index contributed by atoms with van der Waals surface area (Å²) in [6, 6.07) is 7.41. The summed E-state index contributed by atoms with van der Waals surface area (Å²) in [6.07, 6.45) is 0. The summed E-state index contributed by atoms with van der Waals surface area (Å²) in [7, 11) is 0. The highest BCUT2D eigenvalue weighted by atomic mass is 32.1. The van der Waals surface area contributed by atoms with Crippen molar-refractivity contribution in [3.05, 3.63) is 45.9 Å². The number of nitrogens with zero attached hydrogens (tertiary/aromatic N) is 1. The van der Waals surface area contributed by atoms with Crippen LogP contribution in [0.1, 0.15) is 16.3 Å². The molecule has 0 amide bonds. The third-order valence-electron chi connectivity index (χ3n) is 2.19. The molecule has 0 aliphatic rings. The maximum absolute atomic E-state index is 5.60. The van der Waals surface area contributed by atoms with Gasteiger partial charge in [-0.1, -0.05) is 12.2 Å². The Labute approximate surface area is 109 Å². The van der Waals surface area contributed by atoms with Crippen molar-refractivity contribution in [3.63, 3.8) is 0 Å². The van der Waals surface area contributed by atoms with Crippen molar-refractivity contribution in [1.29, 1.82) is 0 Å². The lowest BCUT2D eigenvalue weighted by Crippen LogP contribution is -2.08. The Morgan fingerprint density at radius 2 is 2.12 bits per heavy atom. The van der Waals surface area contributed by atoms with Gasteiger partial charge in [0.25, 0.3) is 0 Å². The molecule has 1 aromatic heterocycles. The van der Waals surface area contributed by atoms with Crippen LogP contribution in [0.15, 0.2) is 29.6 Å². The van der Waals surface area contributed by atoms with E-state index >= 15 is 0 Å². The Hall–Kier alpha value is -1.46. The van der Waals surface area contributed by atoms with Crippen LogP contribution in [-0.4, -0.2) is 9.97 Å². The number of aromatic nitrogens is 1. The molecule has 3 nitrogen and oxygen atoms in total. The molecule has 5 heteroatoms. The minimum absolute atomic E-state index is 0.395. The second-order valence-electron chi connectivity index (χ2n) is 3.54. The quantitative estimate of drug-likeness (QED) is 0.863. The molecule has 0 bridgehead atoms. The zero-order chi connectivity index (χ0) is 12.3. The smallest absolute Gasteiger partial charge is 0.131 e. The van der Waals surface area contributed by atoms with E-state index in [9.17, 15) is 0 Å². The zero-order valence-corrected chi connectivity index (χ0v) is 11.0. The standard InChI is InChI=1S/C12H12N2OS2/c1-8-14-10(7-17-8)6-15-11-4-2-9(3-5-11)12(13)16/h2-5,7H,6H2,1H3,(H2,13,16). The van der Waals surface area contributed by atoms with E-state index in [0.717, 1.165) is 22.0 Å². The third kappa shape index (κ3) is 3.25. The zero-order valence-electron chi connectivity index (χ0n) is 9.34. The number of thiazole rings is 1. The van der Waals surface area contributed by atoms with E-state index in [4.69, 9.17) is 22.7 Å². The van der Waals surface area contributed by atoms with Crippen LogP contribution in [0.25, 0.3) is 0 Å². The van der Waals surface area contributed by atoms with E-state index in [1.165, 1.54) is 0 Å². The first-order valence-electron chi connectivity index (χ1n) is 5.09. The Morgan fingerprint density at radius 1 is 1.41 bits per heavy atom. The first-order valence-corrected chi connectivity index (χ1v) is 6.37. The van der Waals surface area contributed by atoms with Crippen LogP contribution >= 0.6 is 23.6 Å². The SMILES string of the molecule is Cc1nc(COc2ccc(C(N)=S)cc2)cs1. The van der Waals surface area contributed by atoms with E-state index in [0.29, 0.717) is 11.6 Å². The van der Waals surface area contributed by atoms with Gasteiger partial charge >= 0.3 is 0 Å². The van der Waals surface area contributed by atoms with Crippen molar-refractivity contribution >= 4 is 28.5 Å². The van der Waals surface area contributed by atoms with Crippen molar-refractivity contribution in [3.8, 4) is 5.75 Å². The number of thiocarbonyl (C=S) groups is 1. The van der Waals surface area contributed by atoms with Gasteiger partial charge in [-0.3, -0.25) is 0 Å². The van der Waals surface area contributed by atoms with Crippen molar-refractivity contribution < 1.29 is 4.74 Å². The van der Waals surface area contributed by atoms with Crippen LogP contribution in [-0.2, 0) is 6.61 Å². The van der Waals surface area contributed by atoms with E-state index < -0.39 is 0 Å². The Kier molecular flexibility index (Phi) is 3.71. The summed E-state index contributed by atoms with van der Waals surface area (Å²) >= 11 is 6.50. The fourth-order valence-electron chi connectivity index (χ4n) is 1.35. The van der Waals surface area contributed by atoms with Crippen LogP contribution < -0.4 is 10.5 Å². The predicted octanol–water partition coefficient (Wildman–Crippen LogP) is 2.66. The molecule has 0 atom stereocenters. The molecule has 1 heterocycles. The lowest BCUT2D eigenvalue weighted by molar-refractivity contribution is 0.302. The summed E-state index contributed by atoms with van der Waals surface area (Å²) in [6.45, 7) is 2.46. The van der Waals surface area contributed by atoms with Crippen LogP contribution in [0.2, 0.25) is 0 Å². The number of hydrogen-bond donors (Lipinski definition) is 1. The molecule has 2 rings (SSSR count). The molecular weight excluding hydrogens is 252 g/mol. The predicted molar refractivity (Wildman–Crippen MR) is 73.5 cm³/mol. The topological polar surface area (TPSA) is 48.1 Å². The van der Waals surface area contributed by atoms with Crippen molar-refractivity contribution in [2.24, 2.45) is 5.73 Å². The number of rotatable bonds is 4. The molecule has 2 aromatic rings. The van der Waals surface area contributed by atoms with Gasteiger partial charge in [0.1, 0.15) is 17.3 Å². The molecule has 17 heavy (non-hydrogen) atoms. The molecule has 0 saturated heterocycles. The molecule has 0 spiro atoms. The van der Waals surface area contributed by atoms with Gasteiger partial charge in [0.15, 0.2) is 0 Å². The fourth-order valence-corrected chi connectivity index (χ4v) is 2.08. The highest BCUT2D eigenvalue weighted by molar-refractivity contribution is 7.80. The molecule has 88 valence electrons. The van der Waals surface area contributed by atoms with Crippen LogP contribution in [0.4, 0.5) is 0 Å². The summed E-state index contributed by atoms with van der Waals surface area (Å²) < 4.78 is 5.60. The van der Waals surface area contributed by atoms with Gasteiger partial charge in [0, 0.05) is 10.9 Å². The third-order valence-corrected chi connectivity index (χ3v) is 3.25. The van der Waals surface area contributed by atoms with Crippen molar-refractivity contribution in [2.45, 2.75) is 13.5 Å². The van der Waals surface area contributed by atoms with Crippen molar-refractivity contribution in [1.82, 2.24) is 4.98 Å². The highest BCUT2D eigenvalue weighted by Crippen LogP contribution is 2.15. The van der Waals surface area contributed by atoms with Gasteiger partial charge in [0.05, 0.1) is 10.7 Å². The first kappa shape index (κ1) is 12.0. The molecule has 1 aromatic carbocycles. The van der Waals surface area contributed by atoms with E-state index in [1.807, 2.05) is 36.6 Å². The maximum atomic E-state index is 5.60. The molecule has 0 saturated carbocycles. The highest BCUT2D eigenvalue weighted by Gasteiger charge is 2.01. The minimum Gasteiger partial charge on any atom is -0.487 e. The molecule has 0 unspecified atom stereocenters. The Balaban J connectivity index is 1.97. The number of aryl methyl sites for hydroxylation is 1. The maximum Gasteiger partial charge on any atom is 0.131 e. The summed E-state index contributed by atoms with van der Waals surface area (Å²) in [5.41, 5.74) is 7.31. The second-order valence-corrected chi connectivity index (χ2v) is 5.04. The number of hydrogen-bond acceptors (Lipinski definition) is 4. The molecule has 0 radical (unpaired) electrons. The largest absolute Gasteiger partial charge is 0.487 e. The lowest BCUT2D eigenvalue weighted by atomic mass is 10.2. The summed E-state index contributed by atoms with van der Waals surface area (Å²) in [5, 5.41) is 3.05. The van der Waals surface area contributed by atoms with Gasteiger partial charge in [-0.2, -0.15) is 0 Å². The summed E-state index contributed by atoms with van der Waals surface area (Å²) in [5.74, 6) is 0.788. The molecule has 0 aliphatic heterocycles. The Morgan fingerprint density at radius 3 is 2.65 bits per heavy atom. The molecule has 0 aliphatic carbocycles.